The van der Waals surface area contributed by atoms with Crippen LogP contribution < -0.4 is 0 Å². The number of carbonyl (C=O) groups is 2. The van der Waals surface area contributed by atoms with E-state index < -0.39 is 11.9 Å². The molecule has 5 nitrogen and oxygen atoms in total. The van der Waals surface area contributed by atoms with E-state index in [2.05, 4.69) is 31.2 Å². The van der Waals surface area contributed by atoms with Crippen LogP contribution in [0.2, 0.25) is 0 Å². The minimum absolute atomic E-state index is 0.324. The number of aliphatic carboxylic acids is 2. The third-order valence-electron chi connectivity index (χ3n) is 8.39. The number of rotatable bonds is 35. The minimum atomic E-state index is -0.671. The smallest absolute Gasteiger partial charge is 0.303 e. The second-order valence-electron chi connectivity index (χ2n) is 13.0. The Kier molecular flexibility index (Phi) is 42.9. The summed E-state index contributed by atoms with van der Waals surface area (Å²) in [6.07, 6.45) is 47.1. The molecule has 0 rings (SSSR count). The number of carboxylic acid groups (broad SMARTS) is 2. The quantitative estimate of drug-likeness (QED) is 0.0475. The fraction of sp³-hybridized carbons (Fsp3) is 0.850. The Morgan fingerprint density at radius 2 is 0.689 bits per heavy atom. The number of allylic oxidation sites excluding steroid dienone is 4. The fourth-order valence-corrected chi connectivity index (χ4v) is 5.48. The lowest BCUT2D eigenvalue weighted by atomic mass is 10.0. The maximum absolute atomic E-state index is 10.4. The van der Waals surface area contributed by atoms with Gasteiger partial charge in [0, 0.05) is 19.4 Å². The van der Waals surface area contributed by atoms with Gasteiger partial charge in [0.15, 0.2) is 0 Å². The monoisotopic (exact) mass is 637 g/mol. The van der Waals surface area contributed by atoms with Crippen molar-refractivity contribution in [1.82, 2.24) is 0 Å². The first-order valence-electron chi connectivity index (χ1n) is 19.4. The van der Waals surface area contributed by atoms with Crippen LogP contribution in [0.15, 0.2) is 24.3 Å². The summed E-state index contributed by atoms with van der Waals surface area (Å²) in [7, 11) is 0. The van der Waals surface area contributed by atoms with Gasteiger partial charge >= 0.3 is 11.9 Å². The Morgan fingerprint density at radius 1 is 0.400 bits per heavy atom. The van der Waals surface area contributed by atoms with E-state index >= 15 is 0 Å². The molecule has 0 saturated carbocycles. The van der Waals surface area contributed by atoms with E-state index in [0.29, 0.717) is 19.4 Å². The van der Waals surface area contributed by atoms with Crippen LogP contribution in [0.5, 0.6) is 0 Å². The van der Waals surface area contributed by atoms with Gasteiger partial charge in [-0.2, -0.15) is 0 Å². The van der Waals surface area contributed by atoms with E-state index in [1.165, 1.54) is 148 Å². The van der Waals surface area contributed by atoms with Gasteiger partial charge in [-0.1, -0.05) is 172 Å². The van der Waals surface area contributed by atoms with E-state index in [-0.39, 0.29) is 0 Å². The summed E-state index contributed by atoms with van der Waals surface area (Å²) in [5.41, 5.74) is 0. The third kappa shape index (κ3) is 49.5. The molecule has 0 fully saturated rings. The van der Waals surface area contributed by atoms with Gasteiger partial charge in [-0.05, 0) is 51.4 Å². The van der Waals surface area contributed by atoms with Crippen molar-refractivity contribution >= 4 is 11.9 Å². The molecule has 0 saturated heterocycles. The summed E-state index contributed by atoms with van der Waals surface area (Å²) in [5, 5.41) is 25.8. The number of aliphatic hydroxyl groups is 1. The average Bonchev–Trinajstić information content (AvgIpc) is 3.02. The lowest BCUT2D eigenvalue weighted by Gasteiger charge is -2.04. The van der Waals surface area contributed by atoms with E-state index in [1.807, 2.05) is 0 Å². The van der Waals surface area contributed by atoms with Crippen molar-refractivity contribution in [2.45, 2.75) is 212 Å². The first-order valence-corrected chi connectivity index (χ1v) is 19.4. The van der Waals surface area contributed by atoms with Crippen molar-refractivity contribution in [2.24, 2.45) is 0 Å². The fourth-order valence-electron chi connectivity index (χ4n) is 5.48. The van der Waals surface area contributed by atoms with Crippen LogP contribution in [0.4, 0.5) is 0 Å². The Bertz CT molecular complexity index is 643. The average molecular weight is 637 g/mol. The van der Waals surface area contributed by atoms with Crippen LogP contribution in [-0.2, 0) is 9.59 Å². The molecule has 0 aliphatic heterocycles. The highest BCUT2D eigenvalue weighted by Crippen LogP contribution is 2.15. The summed E-state index contributed by atoms with van der Waals surface area (Å²) in [6, 6.07) is 0. The second kappa shape index (κ2) is 42.4. The van der Waals surface area contributed by atoms with Gasteiger partial charge in [0.25, 0.3) is 0 Å². The van der Waals surface area contributed by atoms with Crippen molar-refractivity contribution < 1.29 is 24.9 Å². The molecule has 0 aromatic rings. The molecule has 5 heteroatoms. The molecule has 0 aliphatic rings. The van der Waals surface area contributed by atoms with E-state index in [9.17, 15) is 9.59 Å². The molecular weight excluding hydrogens is 560 g/mol. The summed E-state index contributed by atoms with van der Waals surface area (Å²) in [5.74, 6) is -1.33. The standard InChI is InChI=1S/C22H44O3.C18H32O2/c23-21-19-17-15-13-11-9-7-5-3-1-2-4-6-8-10-12-14-16-18-20-22(24)25;1-2-3-4-5-6-7-8-9-10-11-12-13-14-15-16-17-18(19)20/h23H,1-21H2,(H,24,25);6-7,9-10H,2-5,8,11-17H2,1H3,(H,19,20)/b;7-6-,10-9-. The van der Waals surface area contributed by atoms with Gasteiger partial charge in [-0.25, -0.2) is 0 Å². The van der Waals surface area contributed by atoms with Crippen molar-refractivity contribution in [3.05, 3.63) is 24.3 Å². The van der Waals surface area contributed by atoms with Crippen LogP contribution in [-0.4, -0.2) is 33.9 Å². The lowest BCUT2D eigenvalue weighted by Crippen LogP contribution is -1.93. The number of hydrogen-bond donors (Lipinski definition) is 3. The summed E-state index contributed by atoms with van der Waals surface area (Å²) in [4.78, 5) is 20.7. The molecule has 3 N–H and O–H groups in total. The molecule has 0 aliphatic carbocycles. The third-order valence-corrected chi connectivity index (χ3v) is 8.39. The normalized spacial score (nSPS) is 11.3. The first-order chi connectivity index (χ1) is 22.0. The largest absolute Gasteiger partial charge is 0.481 e. The van der Waals surface area contributed by atoms with Crippen molar-refractivity contribution in [3.63, 3.8) is 0 Å². The highest BCUT2D eigenvalue weighted by Gasteiger charge is 1.98. The number of carboxylic acids is 2. The maximum Gasteiger partial charge on any atom is 0.303 e. The highest BCUT2D eigenvalue weighted by atomic mass is 16.4. The Labute approximate surface area is 279 Å². The van der Waals surface area contributed by atoms with Gasteiger partial charge in [0.05, 0.1) is 0 Å². The van der Waals surface area contributed by atoms with Gasteiger partial charge in [0.2, 0.25) is 0 Å². The van der Waals surface area contributed by atoms with E-state index in [1.54, 1.807) is 0 Å². The predicted octanol–water partition coefficient (Wildman–Crippen LogP) is 12.7. The van der Waals surface area contributed by atoms with Crippen LogP contribution >= 0.6 is 0 Å². The van der Waals surface area contributed by atoms with Crippen molar-refractivity contribution in [3.8, 4) is 0 Å². The van der Waals surface area contributed by atoms with E-state index in [0.717, 1.165) is 44.9 Å². The Hall–Kier alpha value is -1.62. The molecular formula is C40H76O5. The zero-order valence-electron chi connectivity index (χ0n) is 29.8. The molecule has 0 aromatic carbocycles. The van der Waals surface area contributed by atoms with Crippen LogP contribution in [0.3, 0.4) is 0 Å². The predicted molar refractivity (Wildman–Crippen MR) is 194 cm³/mol. The van der Waals surface area contributed by atoms with Crippen LogP contribution in [0, 0.1) is 0 Å². The van der Waals surface area contributed by atoms with Gasteiger partial charge in [-0.3, -0.25) is 9.59 Å². The van der Waals surface area contributed by atoms with E-state index in [4.69, 9.17) is 15.3 Å². The van der Waals surface area contributed by atoms with Gasteiger partial charge in [0.1, 0.15) is 0 Å². The molecule has 0 unspecified atom stereocenters. The zero-order chi connectivity index (χ0) is 33.3. The SMILES string of the molecule is CCCCC/C=C\C/C=C\CCCCCCCC(=O)O.O=C(O)CCCCCCCCCCCCCCCCCCCCCO. The Morgan fingerprint density at radius 3 is 1.00 bits per heavy atom. The summed E-state index contributed by atoms with van der Waals surface area (Å²) >= 11 is 0. The number of unbranched alkanes of at least 4 members (excludes halogenated alkanes) is 26. The lowest BCUT2D eigenvalue weighted by molar-refractivity contribution is -0.138. The molecule has 0 radical (unpaired) electrons. The zero-order valence-corrected chi connectivity index (χ0v) is 29.8. The summed E-state index contributed by atoms with van der Waals surface area (Å²) < 4.78 is 0. The summed E-state index contributed by atoms with van der Waals surface area (Å²) in [6.45, 7) is 2.59. The topological polar surface area (TPSA) is 94.8 Å². The number of hydrogen-bond acceptors (Lipinski definition) is 3. The van der Waals surface area contributed by atoms with Crippen LogP contribution in [0.25, 0.3) is 0 Å². The highest BCUT2D eigenvalue weighted by molar-refractivity contribution is 5.66. The molecule has 0 spiro atoms. The van der Waals surface area contributed by atoms with Gasteiger partial charge < -0.3 is 15.3 Å². The number of aliphatic hydroxyl groups excluding tert-OH is 1. The Balaban J connectivity index is 0. The minimum Gasteiger partial charge on any atom is -0.481 e. The maximum atomic E-state index is 10.4. The molecule has 0 bridgehead atoms. The van der Waals surface area contributed by atoms with Gasteiger partial charge in [-0.15, -0.1) is 0 Å². The first kappa shape index (κ1) is 45.5. The van der Waals surface area contributed by atoms with Crippen molar-refractivity contribution in [2.75, 3.05) is 6.61 Å². The second-order valence-corrected chi connectivity index (χ2v) is 13.0. The molecule has 0 atom stereocenters. The van der Waals surface area contributed by atoms with Crippen molar-refractivity contribution in [1.29, 1.82) is 0 Å². The molecule has 0 heterocycles. The molecule has 0 aromatic heterocycles. The molecule has 0 amide bonds. The van der Waals surface area contributed by atoms with Crippen LogP contribution in [0.1, 0.15) is 212 Å². The molecule has 266 valence electrons. The molecule has 45 heavy (non-hydrogen) atoms.